The Balaban J connectivity index is 1.67. The maximum absolute atomic E-state index is 12.1. The molecule has 8 nitrogen and oxygen atoms in total. The number of aromatic nitrogens is 3. The quantitative estimate of drug-likeness (QED) is 0.646. The number of piperazine rings is 1. The van der Waals surface area contributed by atoms with Crippen LogP contribution in [0.2, 0.25) is 0 Å². The third-order valence-corrected chi connectivity index (χ3v) is 6.75. The summed E-state index contributed by atoms with van der Waals surface area (Å²) < 4.78 is 6.67. The van der Waals surface area contributed by atoms with Gasteiger partial charge in [0.25, 0.3) is 0 Å². The third kappa shape index (κ3) is 4.24. The number of nitrogens with zero attached hydrogens (tertiary/aromatic N) is 5. The summed E-state index contributed by atoms with van der Waals surface area (Å²) in [5, 5.41) is 15.3. The highest BCUT2D eigenvalue weighted by Crippen LogP contribution is 2.40. The van der Waals surface area contributed by atoms with E-state index >= 15 is 0 Å². The normalized spacial score (nSPS) is 16.2. The lowest BCUT2D eigenvalue weighted by Gasteiger charge is -2.38. The highest BCUT2D eigenvalue weighted by molar-refractivity contribution is 7.17. The first-order valence-corrected chi connectivity index (χ1v) is 11.5. The summed E-state index contributed by atoms with van der Waals surface area (Å²) in [5.74, 6) is 1.21. The van der Waals surface area contributed by atoms with Gasteiger partial charge in [0.2, 0.25) is 10.8 Å². The minimum atomic E-state index is -0.267. The monoisotopic (exact) mass is 443 g/mol. The second kappa shape index (κ2) is 8.84. The van der Waals surface area contributed by atoms with E-state index in [1.165, 1.54) is 21.4 Å². The van der Waals surface area contributed by atoms with E-state index in [4.69, 9.17) is 4.74 Å². The number of thiazole rings is 1. The summed E-state index contributed by atoms with van der Waals surface area (Å²) >= 11 is 1.46. The molecule has 1 aliphatic rings. The van der Waals surface area contributed by atoms with Gasteiger partial charge in [0.15, 0.2) is 0 Å². The fourth-order valence-corrected chi connectivity index (χ4v) is 5.16. The van der Waals surface area contributed by atoms with Gasteiger partial charge in [0.05, 0.1) is 17.5 Å². The molecule has 1 fully saturated rings. The minimum Gasteiger partial charge on any atom is -0.492 e. The maximum Gasteiger partial charge on any atom is 0.409 e. The Kier molecular flexibility index (Phi) is 6.15. The molecule has 1 N–H and O–H groups in total. The Labute approximate surface area is 186 Å². The molecule has 1 aromatic carbocycles. The van der Waals surface area contributed by atoms with Crippen molar-refractivity contribution in [2.45, 2.75) is 39.7 Å². The number of hydrogen-bond acceptors (Lipinski definition) is 7. The van der Waals surface area contributed by atoms with Crippen LogP contribution in [0.25, 0.3) is 4.96 Å². The van der Waals surface area contributed by atoms with Crippen LogP contribution in [0.3, 0.4) is 0 Å². The molecule has 9 heteroatoms. The van der Waals surface area contributed by atoms with E-state index in [9.17, 15) is 9.90 Å². The number of carbonyl (C=O) groups excluding carboxylic acids is 1. The summed E-state index contributed by atoms with van der Waals surface area (Å²) in [4.78, 5) is 22.1. The van der Waals surface area contributed by atoms with Gasteiger partial charge < -0.3 is 14.7 Å². The Morgan fingerprint density at radius 2 is 1.81 bits per heavy atom. The van der Waals surface area contributed by atoms with Crippen LogP contribution < -0.4 is 0 Å². The number of carbonyl (C=O) groups is 1. The lowest BCUT2D eigenvalue weighted by atomic mass is 9.97. The first-order chi connectivity index (χ1) is 14.9. The predicted octanol–water partition coefficient (Wildman–Crippen LogP) is 3.79. The largest absolute Gasteiger partial charge is 0.492 e. The minimum absolute atomic E-state index is 0.131. The van der Waals surface area contributed by atoms with Crippen molar-refractivity contribution in [2.24, 2.45) is 0 Å². The molecule has 1 amide bonds. The number of benzene rings is 1. The van der Waals surface area contributed by atoms with Crippen molar-refractivity contribution in [3.63, 3.8) is 0 Å². The molecule has 2 aromatic heterocycles. The number of ether oxygens (including phenoxy) is 1. The zero-order chi connectivity index (χ0) is 22.1. The van der Waals surface area contributed by atoms with Crippen LogP contribution in [0.1, 0.15) is 54.6 Å². The molecule has 4 rings (SSSR count). The molecule has 0 spiro atoms. The predicted molar refractivity (Wildman–Crippen MR) is 120 cm³/mol. The molecule has 1 atom stereocenters. The summed E-state index contributed by atoms with van der Waals surface area (Å²) in [6.07, 6.45) is -0.267. The van der Waals surface area contributed by atoms with Crippen molar-refractivity contribution in [2.75, 3.05) is 32.8 Å². The molecule has 31 heavy (non-hydrogen) atoms. The molecule has 3 heterocycles. The number of aryl methyl sites for hydroxylation is 1. The topological polar surface area (TPSA) is 83.2 Å². The van der Waals surface area contributed by atoms with Gasteiger partial charge in [-0.1, -0.05) is 49.4 Å². The van der Waals surface area contributed by atoms with E-state index in [0.29, 0.717) is 49.5 Å². The van der Waals surface area contributed by atoms with Crippen molar-refractivity contribution >= 4 is 22.4 Å². The molecule has 166 valence electrons. The summed E-state index contributed by atoms with van der Waals surface area (Å²) in [6, 6.07) is 8.44. The second-order valence-electron chi connectivity index (χ2n) is 8.09. The summed E-state index contributed by atoms with van der Waals surface area (Å²) in [5.41, 5.74) is 2.38. The first kappa shape index (κ1) is 21.6. The van der Waals surface area contributed by atoms with Crippen molar-refractivity contribution in [3.05, 3.63) is 46.1 Å². The van der Waals surface area contributed by atoms with E-state index in [2.05, 4.69) is 53.1 Å². The standard InChI is InChI=1S/C22H29N5O3S/c1-5-30-22(29)26-12-10-25(11-13-26)18(17-8-6-16(7-9-17)14(2)3)19-20(28)27-21(31-19)23-15(4)24-27/h6-9,14,18,28H,5,10-13H2,1-4H3/t18-/m1/s1. The average Bonchev–Trinajstić information content (AvgIpc) is 3.26. The Morgan fingerprint density at radius 3 is 2.39 bits per heavy atom. The van der Waals surface area contributed by atoms with Crippen LogP contribution in [0, 0.1) is 6.92 Å². The van der Waals surface area contributed by atoms with Crippen LogP contribution >= 0.6 is 11.3 Å². The van der Waals surface area contributed by atoms with Gasteiger partial charge in [0.1, 0.15) is 5.82 Å². The smallest absolute Gasteiger partial charge is 0.409 e. The zero-order valence-electron chi connectivity index (χ0n) is 18.4. The SMILES string of the molecule is CCOC(=O)N1CCN([C@H](c2ccc(C(C)C)cc2)c2sc3nc(C)nn3c2O)CC1. The highest BCUT2D eigenvalue weighted by Gasteiger charge is 2.33. The number of aromatic hydroxyl groups is 1. The van der Waals surface area contributed by atoms with Gasteiger partial charge >= 0.3 is 6.09 Å². The number of hydrogen-bond donors (Lipinski definition) is 1. The van der Waals surface area contributed by atoms with E-state index in [-0.39, 0.29) is 18.0 Å². The van der Waals surface area contributed by atoms with Gasteiger partial charge in [-0.05, 0) is 30.9 Å². The molecule has 0 bridgehead atoms. The number of amides is 1. The molecule has 3 aromatic rings. The Hall–Kier alpha value is -2.65. The highest BCUT2D eigenvalue weighted by atomic mass is 32.1. The lowest BCUT2D eigenvalue weighted by molar-refractivity contribution is 0.0715. The van der Waals surface area contributed by atoms with Gasteiger partial charge in [-0.3, -0.25) is 4.90 Å². The second-order valence-corrected chi connectivity index (χ2v) is 9.10. The summed E-state index contributed by atoms with van der Waals surface area (Å²) in [6.45, 7) is 10.9. The van der Waals surface area contributed by atoms with E-state index in [1.807, 2.05) is 13.8 Å². The molecule has 0 saturated carbocycles. The fourth-order valence-electron chi connectivity index (χ4n) is 3.99. The summed E-state index contributed by atoms with van der Waals surface area (Å²) in [7, 11) is 0. The lowest BCUT2D eigenvalue weighted by Crippen LogP contribution is -2.49. The van der Waals surface area contributed by atoms with Crippen molar-refractivity contribution in [3.8, 4) is 5.88 Å². The molecule has 0 aliphatic carbocycles. The number of rotatable bonds is 5. The van der Waals surface area contributed by atoms with Gasteiger partial charge in [0, 0.05) is 26.2 Å². The van der Waals surface area contributed by atoms with Crippen LogP contribution in [0.15, 0.2) is 24.3 Å². The van der Waals surface area contributed by atoms with Crippen LogP contribution in [0.4, 0.5) is 4.79 Å². The fraction of sp³-hybridized carbons (Fsp3) is 0.500. The molecular weight excluding hydrogens is 414 g/mol. The Morgan fingerprint density at radius 1 is 1.16 bits per heavy atom. The number of fused-ring (bicyclic) bond motifs is 1. The van der Waals surface area contributed by atoms with Crippen LogP contribution in [-0.4, -0.2) is 68.4 Å². The maximum atomic E-state index is 12.1. The molecule has 1 saturated heterocycles. The van der Waals surface area contributed by atoms with Crippen molar-refractivity contribution in [1.29, 1.82) is 0 Å². The van der Waals surface area contributed by atoms with Crippen LogP contribution in [0.5, 0.6) is 5.88 Å². The molecule has 1 aliphatic heterocycles. The van der Waals surface area contributed by atoms with E-state index in [1.54, 1.807) is 4.90 Å². The van der Waals surface area contributed by atoms with E-state index in [0.717, 1.165) is 10.4 Å². The Bertz CT molecular complexity index is 1050. The van der Waals surface area contributed by atoms with Gasteiger partial charge in [-0.15, -0.1) is 5.10 Å². The molecular formula is C22H29N5O3S. The third-order valence-electron chi connectivity index (χ3n) is 5.68. The van der Waals surface area contributed by atoms with Crippen molar-refractivity contribution in [1.82, 2.24) is 24.4 Å². The van der Waals surface area contributed by atoms with Gasteiger partial charge in [-0.25, -0.2) is 9.78 Å². The first-order valence-electron chi connectivity index (χ1n) is 10.7. The van der Waals surface area contributed by atoms with Crippen molar-refractivity contribution < 1.29 is 14.6 Å². The average molecular weight is 444 g/mol. The zero-order valence-corrected chi connectivity index (χ0v) is 19.2. The van der Waals surface area contributed by atoms with E-state index < -0.39 is 0 Å². The van der Waals surface area contributed by atoms with Crippen LogP contribution in [-0.2, 0) is 4.74 Å². The molecule has 0 radical (unpaired) electrons. The molecule has 0 unspecified atom stereocenters. The van der Waals surface area contributed by atoms with Gasteiger partial charge in [-0.2, -0.15) is 4.52 Å².